The lowest BCUT2D eigenvalue weighted by Crippen LogP contribution is -2.32. The van der Waals surface area contributed by atoms with Crippen LogP contribution in [0.5, 0.6) is 0 Å². The first-order valence-electron chi connectivity index (χ1n) is 8.77. The third kappa shape index (κ3) is 6.04. The summed E-state index contributed by atoms with van der Waals surface area (Å²) in [6.07, 6.45) is 0.427. The van der Waals surface area contributed by atoms with Crippen LogP contribution in [0, 0.1) is 5.82 Å². The molecule has 0 spiro atoms. The molecule has 1 N–H and O–H groups in total. The molecule has 138 valence electrons. The van der Waals surface area contributed by atoms with Crippen molar-refractivity contribution in [3.8, 4) is 0 Å². The number of hydrogen-bond acceptors (Lipinski definition) is 4. The van der Waals surface area contributed by atoms with Crippen molar-refractivity contribution in [2.24, 2.45) is 0 Å². The first-order valence-corrected chi connectivity index (χ1v) is 10.9. The van der Waals surface area contributed by atoms with Gasteiger partial charge in [-0.15, -0.1) is 11.8 Å². The van der Waals surface area contributed by atoms with Gasteiger partial charge in [-0.1, -0.05) is 18.2 Å². The van der Waals surface area contributed by atoms with Gasteiger partial charge in [0.15, 0.2) is 0 Å². The third-order valence-corrected chi connectivity index (χ3v) is 6.16. The van der Waals surface area contributed by atoms with Gasteiger partial charge in [0.1, 0.15) is 5.82 Å². The van der Waals surface area contributed by atoms with Crippen LogP contribution in [-0.4, -0.2) is 41.2 Å². The largest absolute Gasteiger partial charge is 0.326 e. The predicted octanol–water partition coefficient (Wildman–Crippen LogP) is 4.50. The van der Waals surface area contributed by atoms with Gasteiger partial charge >= 0.3 is 0 Å². The average molecular weight is 391 g/mol. The summed E-state index contributed by atoms with van der Waals surface area (Å²) in [7, 11) is 0. The van der Waals surface area contributed by atoms with Crippen LogP contribution < -0.4 is 5.32 Å². The van der Waals surface area contributed by atoms with Crippen LogP contribution in [0.2, 0.25) is 0 Å². The highest BCUT2D eigenvalue weighted by molar-refractivity contribution is 7.99. The maximum atomic E-state index is 12.9. The van der Waals surface area contributed by atoms with Crippen LogP contribution in [0.25, 0.3) is 0 Å². The maximum absolute atomic E-state index is 12.9. The molecular formula is C20H23FN2OS2. The lowest BCUT2D eigenvalue weighted by molar-refractivity contribution is -0.115. The van der Waals surface area contributed by atoms with Crippen molar-refractivity contribution in [1.29, 1.82) is 0 Å². The number of carbonyl (C=O) groups is 1. The van der Waals surface area contributed by atoms with E-state index in [4.69, 9.17) is 0 Å². The van der Waals surface area contributed by atoms with E-state index in [1.807, 2.05) is 30.0 Å². The normalized spacial score (nSPS) is 15.0. The van der Waals surface area contributed by atoms with Gasteiger partial charge in [0.05, 0.1) is 0 Å². The Balaban J connectivity index is 1.49. The molecule has 0 radical (unpaired) electrons. The molecule has 1 heterocycles. The third-order valence-electron chi connectivity index (χ3n) is 4.20. The molecule has 1 fully saturated rings. The van der Waals surface area contributed by atoms with Crippen LogP contribution in [-0.2, 0) is 11.3 Å². The van der Waals surface area contributed by atoms with Crippen LogP contribution in [0.15, 0.2) is 53.4 Å². The van der Waals surface area contributed by atoms with Crippen LogP contribution >= 0.6 is 23.5 Å². The number of thioether (sulfide) groups is 2. The summed E-state index contributed by atoms with van der Waals surface area (Å²) in [5.41, 5.74) is 2.07. The molecule has 1 aliphatic heterocycles. The molecule has 1 amide bonds. The number of hydrogen-bond donors (Lipinski definition) is 1. The summed E-state index contributed by atoms with van der Waals surface area (Å²) in [5, 5.41) is 3.05. The van der Waals surface area contributed by atoms with E-state index in [1.165, 1.54) is 29.2 Å². The highest BCUT2D eigenvalue weighted by Gasteiger charge is 2.13. The van der Waals surface area contributed by atoms with E-state index in [1.54, 1.807) is 23.9 Å². The van der Waals surface area contributed by atoms with Gasteiger partial charge in [0.2, 0.25) is 5.91 Å². The van der Waals surface area contributed by atoms with Gasteiger partial charge in [-0.25, -0.2) is 4.39 Å². The zero-order valence-corrected chi connectivity index (χ0v) is 16.3. The number of anilines is 1. The Morgan fingerprint density at radius 3 is 2.62 bits per heavy atom. The van der Waals surface area contributed by atoms with E-state index in [9.17, 15) is 9.18 Å². The molecule has 6 heteroatoms. The SMILES string of the molecule is O=C(CCSc1ccc(F)cc1)Nc1ccccc1CN1CCSCC1. The summed E-state index contributed by atoms with van der Waals surface area (Å²) in [4.78, 5) is 15.7. The lowest BCUT2D eigenvalue weighted by atomic mass is 10.1. The highest BCUT2D eigenvalue weighted by atomic mass is 32.2. The van der Waals surface area contributed by atoms with Crippen molar-refractivity contribution in [3.63, 3.8) is 0 Å². The van der Waals surface area contributed by atoms with Crippen molar-refractivity contribution >= 4 is 35.1 Å². The van der Waals surface area contributed by atoms with E-state index >= 15 is 0 Å². The summed E-state index contributed by atoms with van der Waals surface area (Å²) in [6.45, 7) is 3.07. The zero-order chi connectivity index (χ0) is 18.2. The Hall–Kier alpha value is -1.50. The number of rotatable bonds is 7. The Bertz CT molecular complexity index is 718. The van der Waals surface area contributed by atoms with Gasteiger partial charge < -0.3 is 5.32 Å². The Labute approximate surface area is 162 Å². The molecule has 3 rings (SSSR count). The molecular weight excluding hydrogens is 367 g/mol. The second-order valence-corrected chi connectivity index (χ2v) is 8.54. The van der Waals surface area contributed by atoms with E-state index in [-0.39, 0.29) is 11.7 Å². The van der Waals surface area contributed by atoms with Crippen molar-refractivity contribution in [1.82, 2.24) is 4.90 Å². The van der Waals surface area contributed by atoms with Gasteiger partial charge in [-0.2, -0.15) is 11.8 Å². The summed E-state index contributed by atoms with van der Waals surface area (Å²) in [6, 6.07) is 14.4. The smallest absolute Gasteiger partial charge is 0.225 e. The summed E-state index contributed by atoms with van der Waals surface area (Å²) < 4.78 is 12.9. The van der Waals surface area contributed by atoms with Crippen LogP contribution in [0.4, 0.5) is 10.1 Å². The second-order valence-electron chi connectivity index (χ2n) is 6.15. The number of nitrogens with one attached hydrogen (secondary N) is 1. The average Bonchev–Trinajstić information content (AvgIpc) is 2.66. The number of para-hydroxylation sites is 1. The van der Waals surface area contributed by atoms with E-state index in [0.717, 1.165) is 30.2 Å². The molecule has 2 aromatic rings. The minimum atomic E-state index is -0.240. The zero-order valence-electron chi connectivity index (χ0n) is 14.6. The number of amides is 1. The van der Waals surface area contributed by atoms with Crippen molar-refractivity contribution < 1.29 is 9.18 Å². The molecule has 0 unspecified atom stereocenters. The van der Waals surface area contributed by atoms with Crippen molar-refractivity contribution in [3.05, 3.63) is 59.9 Å². The topological polar surface area (TPSA) is 32.3 Å². The maximum Gasteiger partial charge on any atom is 0.225 e. The molecule has 0 bridgehead atoms. The van der Waals surface area contributed by atoms with E-state index in [2.05, 4.69) is 16.3 Å². The number of benzene rings is 2. The Morgan fingerprint density at radius 2 is 1.85 bits per heavy atom. The highest BCUT2D eigenvalue weighted by Crippen LogP contribution is 2.21. The Morgan fingerprint density at radius 1 is 1.12 bits per heavy atom. The first-order chi connectivity index (χ1) is 12.7. The fourth-order valence-corrected chi connectivity index (χ4v) is 4.62. The number of carbonyl (C=O) groups excluding carboxylic acids is 1. The molecule has 0 aliphatic carbocycles. The second kappa shape index (κ2) is 10.00. The van der Waals surface area contributed by atoms with E-state index in [0.29, 0.717) is 12.2 Å². The van der Waals surface area contributed by atoms with Gasteiger partial charge in [-0.05, 0) is 35.9 Å². The first kappa shape index (κ1) is 19.3. The van der Waals surface area contributed by atoms with Crippen molar-refractivity contribution in [2.45, 2.75) is 17.9 Å². The molecule has 0 saturated carbocycles. The number of halogens is 1. The van der Waals surface area contributed by atoms with Crippen LogP contribution in [0.3, 0.4) is 0 Å². The molecule has 0 aromatic heterocycles. The predicted molar refractivity (Wildman–Crippen MR) is 109 cm³/mol. The van der Waals surface area contributed by atoms with Crippen molar-refractivity contribution in [2.75, 3.05) is 35.7 Å². The van der Waals surface area contributed by atoms with Crippen LogP contribution in [0.1, 0.15) is 12.0 Å². The summed E-state index contributed by atoms with van der Waals surface area (Å²) in [5.74, 6) is 2.80. The molecule has 3 nitrogen and oxygen atoms in total. The molecule has 1 aliphatic rings. The quantitative estimate of drug-likeness (QED) is 0.706. The van der Waals surface area contributed by atoms with Gasteiger partial charge in [0, 0.05) is 53.9 Å². The lowest BCUT2D eigenvalue weighted by Gasteiger charge is -2.27. The van der Waals surface area contributed by atoms with Gasteiger partial charge in [0.25, 0.3) is 0 Å². The minimum absolute atomic E-state index is 0.0151. The molecule has 1 saturated heterocycles. The number of nitrogens with zero attached hydrogens (tertiary/aromatic N) is 1. The fourth-order valence-electron chi connectivity index (χ4n) is 2.79. The molecule has 26 heavy (non-hydrogen) atoms. The standard InChI is InChI=1S/C20H23FN2OS2/c21-17-5-7-18(8-6-17)26-12-9-20(24)22-19-4-2-1-3-16(19)15-23-10-13-25-14-11-23/h1-8H,9-15H2,(H,22,24). The fraction of sp³-hybridized carbons (Fsp3) is 0.350. The molecule has 2 aromatic carbocycles. The van der Waals surface area contributed by atoms with Gasteiger partial charge in [-0.3, -0.25) is 9.69 Å². The Kier molecular flexibility index (Phi) is 7.41. The minimum Gasteiger partial charge on any atom is -0.326 e. The monoisotopic (exact) mass is 390 g/mol. The summed E-state index contributed by atoms with van der Waals surface area (Å²) >= 11 is 3.56. The molecule has 0 atom stereocenters. The van der Waals surface area contributed by atoms with E-state index < -0.39 is 0 Å².